The highest BCUT2D eigenvalue weighted by atomic mass is 19.1. The Morgan fingerprint density at radius 2 is 1.90 bits per heavy atom. The third-order valence-corrected chi connectivity index (χ3v) is 4.53. The van der Waals surface area contributed by atoms with Crippen LogP contribution < -0.4 is 10.6 Å². The van der Waals surface area contributed by atoms with Crippen LogP contribution in [-0.2, 0) is 4.79 Å². The Labute approximate surface area is 124 Å². The van der Waals surface area contributed by atoms with Gasteiger partial charge in [0.05, 0.1) is 11.5 Å². The van der Waals surface area contributed by atoms with Crippen LogP contribution in [0.4, 0.5) is 8.78 Å². The van der Waals surface area contributed by atoms with E-state index in [1.165, 1.54) is 18.2 Å². The Kier molecular flexibility index (Phi) is 4.61. The fourth-order valence-corrected chi connectivity index (χ4v) is 3.00. The molecule has 116 valence electrons. The zero-order valence-corrected chi connectivity index (χ0v) is 12.7. The summed E-state index contributed by atoms with van der Waals surface area (Å²) in [4.78, 5) is 12.6. The molecule has 3 nitrogen and oxygen atoms in total. The van der Waals surface area contributed by atoms with Crippen molar-refractivity contribution in [3.63, 3.8) is 0 Å². The third-order valence-electron chi connectivity index (χ3n) is 4.53. The number of rotatable bonds is 4. The van der Waals surface area contributed by atoms with Crippen molar-refractivity contribution in [1.82, 2.24) is 10.6 Å². The van der Waals surface area contributed by atoms with Gasteiger partial charge in [-0.25, -0.2) is 8.78 Å². The lowest BCUT2D eigenvalue weighted by molar-refractivity contribution is -0.133. The first-order chi connectivity index (χ1) is 9.88. The molecule has 21 heavy (non-hydrogen) atoms. The van der Waals surface area contributed by atoms with Crippen molar-refractivity contribution in [1.29, 1.82) is 0 Å². The van der Waals surface area contributed by atoms with Gasteiger partial charge in [0.2, 0.25) is 5.91 Å². The average Bonchev–Trinajstić information content (AvgIpc) is 2.88. The van der Waals surface area contributed by atoms with Crippen molar-refractivity contribution in [2.45, 2.75) is 33.2 Å². The van der Waals surface area contributed by atoms with E-state index >= 15 is 0 Å². The number of carbonyl (C=O) groups excluding carboxylic acids is 1. The molecule has 0 aromatic heterocycles. The Bertz CT molecular complexity index is 505. The fourth-order valence-electron chi connectivity index (χ4n) is 3.00. The number of halogens is 2. The molecule has 1 aliphatic heterocycles. The molecule has 1 saturated heterocycles. The minimum atomic E-state index is -0.699. The molecule has 0 bridgehead atoms. The van der Waals surface area contributed by atoms with Gasteiger partial charge >= 0.3 is 0 Å². The van der Waals surface area contributed by atoms with Gasteiger partial charge in [0.1, 0.15) is 11.6 Å². The van der Waals surface area contributed by atoms with Gasteiger partial charge < -0.3 is 10.6 Å². The molecule has 1 aromatic rings. The lowest BCUT2D eigenvalue weighted by Gasteiger charge is -2.32. The normalized spacial score (nSPS) is 23.3. The molecule has 1 amide bonds. The number of nitrogens with one attached hydrogen (secondary N) is 2. The summed E-state index contributed by atoms with van der Waals surface area (Å²) in [6.45, 7) is 6.99. The second kappa shape index (κ2) is 6.10. The van der Waals surface area contributed by atoms with Crippen molar-refractivity contribution in [3.8, 4) is 0 Å². The Morgan fingerprint density at radius 3 is 2.38 bits per heavy atom. The van der Waals surface area contributed by atoms with Gasteiger partial charge in [-0.15, -0.1) is 0 Å². The molecule has 2 unspecified atom stereocenters. The first-order valence-corrected chi connectivity index (χ1v) is 7.34. The van der Waals surface area contributed by atoms with Crippen LogP contribution in [0, 0.1) is 23.0 Å². The number of benzene rings is 1. The third kappa shape index (κ3) is 2.93. The van der Waals surface area contributed by atoms with Crippen LogP contribution >= 0.6 is 0 Å². The smallest absolute Gasteiger partial charge is 0.228 e. The van der Waals surface area contributed by atoms with E-state index in [0.29, 0.717) is 6.54 Å². The molecule has 0 radical (unpaired) electrons. The molecule has 1 heterocycles. The quantitative estimate of drug-likeness (QED) is 0.897. The van der Waals surface area contributed by atoms with Crippen LogP contribution in [0.1, 0.15) is 38.8 Å². The van der Waals surface area contributed by atoms with E-state index in [-0.39, 0.29) is 17.4 Å². The van der Waals surface area contributed by atoms with Gasteiger partial charge in [-0.1, -0.05) is 19.9 Å². The van der Waals surface area contributed by atoms with E-state index in [4.69, 9.17) is 0 Å². The first-order valence-electron chi connectivity index (χ1n) is 7.34. The van der Waals surface area contributed by atoms with E-state index in [0.717, 1.165) is 13.0 Å². The van der Waals surface area contributed by atoms with Crippen LogP contribution in [0.2, 0.25) is 0 Å². The molecule has 1 fully saturated rings. The van der Waals surface area contributed by atoms with Gasteiger partial charge in [0.25, 0.3) is 0 Å². The summed E-state index contributed by atoms with van der Waals surface area (Å²) < 4.78 is 27.6. The molecule has 2 N–H and O–H groups in total. The van der Waals surface area contributed by atoms with Crippen LogP contribution in [0.25, 0.3) is 0 Å². The molecular formula is C16H22F2N2O. The molecule has 1 aromatic carbocycles. The summed E-state index contributed by atoms with van der Waals surface area (Å²) in [5, 5.41) is 5.99. The van der Waals surface area contributed by atoms with Gasteiger partial charge in [-0.2, -0.15) is 0 Å². The van der Waals surface area contributed by atoms with E-state index in [1.807, 2.05) is 13.8 Å². The predicted octanol–water partition coefficient (Wildman–Crippen LogP) is 2.78. The highest BCUT2D eigenvalue weighted by molar-refractivity contribution is 5.84. The highest BCUT2D eigenvalue weighted by Gasteiger charge is 2.44. The summed E-state index contributed by atoms with van der Waals surface area (Å²) in [6, 6.07) is 3.03. The molecule has 2 atom stereocenters. The predicted molar refractivity (Wildman–Crippen MR) is 77.7 cm³/mol. The zero-order valence-electron chi connectivity index (χ0n) is 12.7. The topological polar surface area (TPSA) is 41.1 Å². The Balaban J connectivity index is 2.19. The van der Waals surface area contributed by atoms with Crippen molar-refractivity contribution >= 4 is 5.91 Å². The maximum Gasteiger partial charge on any atom is 0.228 e. The van der Waals surface area contributed by atoms with Crippen molar-refractivity contribution in [2.75, 3.05) is 13.1 Å². The maximum atomic E-state index is 13.8. The lowest BCUT2D eigenvalue weighted by Crippen LogP contribution is -2.47. The van der Waals surface area contributed by atoms with E-state index in [9.17, 15) is 13.6 Å². The van der Waals surface area contributed by atoms with E-state index in [2.05, 4.69) is 10.6 Å². The minimum Gasteiger partial charge on any atom is -0.349 e. The molecule has 0 aliphatic carbocycles. The van der Waals surface area contributed by atoms with Crippen molar-refractivity contribution in [2.24, 2.45) is 11.3 Å². The van der Waals surface area contributed by atoms with Gasteiger partial charge in [-0.3, -0.25) is 4.79 Å². The lowest BCUT2D eigenvalue weighted by atomic mass is 9.75. The highest BCUT2D eigenvalue weighted by Crippen LogP contribution is 2.35. The molecular weight excluding hydrogens is 274 g/mol. The van der Waals surface area contributed by atoms with Crippen molar-refractivity contribution < 1.29 is 13.6 Å². The largest absolute Gasteiger partial charge is 0.349 e. The number of hydrogen-bond donors (Lipinski definition) is 2. The summed E-state index contributed by atoms with van der Waals surface area (Å²) in [5.74, 6) is -1.25. The second-order valence-electron chi connectivity index (χ2n) is 6.07. The van der Waals surface area contributed by atoms with Gasteiger partial charge in [-0.05, 0) is 37.9 Å². The standard InChI is InChI=1S/C16H22F2N2O/c1-10(2)16(7-8-19-9-16)15(21)20-11(3)14-12(17)5-4-6-13(14)18/h4-6,10-11,19H,7-9H2,1-3H3,(H,20,21). The number of carbonyl (C=O) groups is 1. The first kappa shape index (κ1) is 15.9. The molecule has 0 saturated carbocycles. The number of hydrogen-bond acceptors (Lipinski definition) is 2. The average molecular weight is 296 g/mol. The van der Waals surface area contributed by atoms with Gasteiger partial charge in [0.15, 0.2) is 0 Å². The number of amides is 1. The monoisotopic (exact) mass is 296 g/mol. The van der Waals surface area contributed by atoms with Crippen LogP contribution in [-0.4, -0.2) is 19.0 Å². The van der Waals surface area contributed by atoms with Crippen LogP contribution in [0.5, 0.6) is 0 Å². The molecule has 0 spiro atoms. The summed E-state index contributed by atoms with van der Waals surface area (Å²) in [7, 11) is 0. The van der Waals surface area contributed by atoms with Crippen LogP contribution in [0.15, 0.2) is 18.2 Å². The zero-order chi connectivity index (χ0) is 15.6. The molecule has 1 aliphatic rings. The van der Waals surface area contributed by atoms with Gasteiger partial charge in [0, 0.05) is 12.1 Å². The maximum absolute atomic E-state index is 13.8. The van der Waals surface area contributed by atoms with Crippen molar-refractivity contribution in [3.05, 3.63) is 35.4 Å². The van der Waals surface area contributed by atoms with Crippen LogP contribution in [0.3, 0.4) is 0 Å². The second-order valence-corrected chi connectivity index (χ2v) is 6.07. The minimum absolute atomic E-state index is 0.0873. The Hall–Kier alpha value is -1.49. The molecule has 2 rings (SSSR count). The SMILES string of the molecule is CC(NC(=O)C1(C(C)C)CCNC1)c1c(F)cccc1F. The summed E-state index contributed by atoms with van der Waals surface area (Å²) in [6.07, 6.45) is 0.739. The Morgan fingerprint density at radius 1 is 1.29 bits per heavy atom. The fraction of sp³-hybridized carbons (Fsp3) is 0.562. The molecule has 5 heteroatoms. The summed E-state index contributed by atoms with van der Waals surface area (Å²) in [5.41, 5.74) is -0.591. The summed E-state index contributed by atoms with van der Waals surface area (Å²) >= 11 is 0. The van der Waals surface area contributed by atoms with E-state index in [1.54, 1.807) is 6.92 Å². The van der Waals surface area contributed by atoms with E-state index < -0.39 is 23.1 Å².